The molecule has 2 heterocycles. The highest BCUT2D eigenvalue weighted by molar-refractivity contribution is 6.31. The van der Waals surface area contributed by atoms with E-state index in [2.05, 4.69) is 4.90 Å². The van der Waals surface area contributed by atoms with Gasteiger partial charge in [-0.1, -0.05) is 29.8 Å². The van der Waals surface area contributed by atoms with Crippen molar-refractivity contribution in [1.82, 2.24) is 4.90 Å². The fraction of sp³-hybridized carbons (Fsp3) is 0.562. The zero-order valence-corrected chi connectivity index (χ0v) is 13.0. The van der Waals surface area contributed by atoms with E-state index in [4.69, 9.17) is 21.1 Å². The molecule has 0 radical (unpaired) electrons. The van der Waals surface area contributed by atoms with E-state index in [-0.39, 0.29) is 18.5 Å². The maximum atomic E-state index is 11.3. The average Bonchev–Trinajstić information content (AvgIpc) is 2.69. The van der Waals surface area contributed by atoms with Crippen LogP contribution in [0.15, 0.2) is 24.3 Å². The van der Waals surface area contributed by atoms with Crippen molar-refractivity contribution in [2.75, 3.05) is 26.2 Å². The number of halogens is 1. The lowest BCUT2D eigenvalue weighted by molar-refractivity contribution is -0.142. The third kappa shape index (κ3) is 3.60. The smallest absolute Gasteiger partial charge is 0.308 e. The second-order valence-corrected chi connectivity index (χ2v) is 6.20. The van der Waals surface area contributed by atoms with Crippen LogP contribution in [0, 0.1) is 0 Å². The van der Waals surface area contributed by atoms with E-state index in [1.807, 2.05) is 24.3 Å². The molecule has 1 aromatic rings. The molecule has 1 aromatic carbocycles. The third-order valence-electron chi connectivity index (χ3n) is 4.14. The van der Waals surface area contributed by atoms with Crippen molar-refractivity contribution < 1.29 is 19.4 Å². The van der Waals surface area contributed by atoms with Crippen LogP contribution in [0.3, 0.4) is 0 Å². The highest BCUT2D eigenvalue weighted by Gasteiger charge is 2.35. The van der Waals surface area contributed by atoms with Gasteiger partial charge in [0.25, 0.3) is 0 Å². The summed E-state index contributed by atoms with van der Waals surface area (Å²) in [6.45, 7) is 2.71. The molecule has 2 aliphatic rings. The van der Waals surface area contributed by atoms with E-state index in [9.17, 15) is 9.90 Å². The van der Waals surface area contributed by atoms with Gasteiger partial charge in [0.2, 0.25) is 0 Å². The number of hydrogen-bond donors (Lipinski definition) is 1. The van der Waals surface area contributed by atoms with E-state index >= 15 is 0 Å². The first-order chi connectivity index (χ1) is 10.6. The summed E-state index contributed by atoms with van der Waals surface area (Å²) in [5, 5.41) is 10.6. The zero-order valence-electron chi connectivity index (χ0n) is 12.3. The summed E-state index contributed by atoms with van der Waals surface area (Å²) in [6.07, 6.45) is -0.279. The highest BCUT2D eigenvalue weighted by atomic mass is 35.5. The molecule has 1 N–H and O–H groups in total. The lowest BCUT2D eigenvalue weighted by Gasteiger charge is -2.27. The Morgan fingerprint density at radius 1 is 1.36 bits per heavy atom. The molecular weight excluding hydrogens is 306 g/mol. The Morgan fingerprint density at radius 2 is 2.18 bits per heavy atom. The number of aliphatic hydroxyl groups excluding tert-OH is 1. The predicted octanol–water partition coefficient (Wildman–Crippen LogP) is 1.78. The number of ether oxygens (including phenoxy) is 2. The Hall–Kier alpha value is -1.14. The molecule has 0 spiro atoms. The summed E-state index contributed by atoms with van der Waals surface area (Å²) < 4.78 is 11.1. The Labute approximate surface area is 134 Å². The predicted molar refractivity (Wildman–Crippen MR) is 81.7 cm³/mol. The van der Waals surface area contributed by atoms with Crippen molar-refractivity contribution in [1.29, 1.82) is 0 Å². The van der Waals surface area contributed by atoms with Gasteiger partial charge in [-0.25, -0.2) is 0 Å². The number of carbonyl (C=O) groups excluding carboxylic acids is 1. The van der Waals surface area contributed by atoms with Crippen molar-refractivity contribution in [3.05, 3.63) is 34.9 Å². The standard InChI is InChI=1S/C16H20ClNO4/c17-12-5-2-1-4-11(12)14-9-18(6-3-7-21-14)10-15-13(19)8-16(20)22-15/h1-2,4-5,13-15,19H,3,6-10H2/t13-,14?,15+/m0/s1. The molecule has 2 saturated heterocycles. The Bertz CT molecular complexity index is 539. The zero-order chi connectivity index (χ0) is 15.5. The molecule has 1 unspecified atom stereocenters. The van der Waals surface area contributed by atoms with Crippen LogP contribution in [0.2, 0.25) is 5.02 Å². The molecule has 0 aromatic heterocycles. The second kappa shape index (κ2) is 6.96. The van der Waals surface area contributed by atoms with E-state index < -0.39 is 12.2 Å². The molecule has 22 heavy (non-hydrogen) atoms. The van der Waals surface area contributed by atoms with Crippen molar-refractivity contribution in [2.24, 2.45) is 0 Å². The van der Waals surface area contributed by atoms with Crippen LogP contribution in [0.5, 0.6) is 0 Å². The van der Waals surface area contributed by atoms with Gasteiger partial charge in [-0.3, -0.25) is 9.69 Å². The number of benzene rings is 1. The summed E-state index contributed by atoms with van der Waals surface area (Å²) in [4.78, 5) is 13.4. The minimum absolute atomic E-state index is 0.0863. The van der Waals surface area contributed by atoms with Crippen molar-refractivity contribution in [3.8, 4) is 0 Å². The van der Waals surface area contributed by atoms with Gasteiger partial charge in [0, 0.05) is 36.8 Å². The summed E-state index contributed by atoms with van der Waals surface area (Å²) in [6, 6.07) is 7.68. The molecule has 6 heteroatoms. The average molecular weight is 326 g/mol. The third-order valence-corrected chi connectivity index (χ3v) is 4.48. The first-order valence-corrected chi connectivity index (χ1v) is 7.97. The molecule has 5 nitrogen and oxygen atoms in total. The second-order valence-electron chi connectivity index (χ2n) is 5.79. The molecule has 0 saturated carbocycles. The van der Waals surface area contributed by atoms with Crippen molar-refractivity contribution in [3.63, 3.8) is 0 Å². The van der Waals surface area contributed by atoms with Crippen LogP contribution in [0.4, 0.5) is 0 Å². The van der Waals surface area contributed by atoms with Gasteiger partial charge in [-0.15, -0.1) is 0 Å². The fourth-order valence-electron chi connectivity index (χ4n) is 2.99. The number of aliphatic hydroxyl groups is 1. The van der Waals surface area contributed by atoms with Crippen molar-refractivity contribution in [2.45, 2.75) is 31.2 Å². The highest BCUT2D eigenvalue weighted by Crippen LogP contribution is 2.28. The number of hydrogen-bond acceptors (Lipinski definition) is 5. The summed E-state index contributed by atoms with van der Waals surface area (Å²) in [5.74, 6) is -0.328. The molecule has 120 valence electrons. The van der Waals surface area contributed by atoms with Crippen LogP contribution in [-0.4, -0.2) is 54.4 Å². The minimum Gasteiger partial charge on any atom is -0.458 e. The molecule has 0 aliphatic carbocycles. The van der Waals surface area contributed by atoms with Crippen LogP contribution in [0.25, 0.3) is 0 Å². The Balaban J connectivity index is 1.68. The topological polar surface area (TPSA) is 59.0 Å². The molecular formula is C16H20ClNO4. The number of esters is 1. The monoisotopic (exact) mass is 325 g/mol. The number of nitrogens with zero attached hydrogens (tertiary/aromatic N) is 1. The molecule has 0 bridgehead atoms. The largest absolute Gasteiger partial charge is 0.458 e. The summed E-state index contributed by atoms with van der Waals surface area (Å²) >= 11 is 6.26. The van der Waals surface area contributed by atoms with Gasteiger partial charge in [-0.05, 0) is 12.5 Å². The maximum absolute atomic E-state index is 11.3. The van der Waals surface area contributed by atoms with Crippen molar-refractivity contribution >= 4 is 17.6 Å². The van der Waals surface area contributed by atoms with Crippen LogP contribution in [-0.2, 0) is 14.3 Å². The summed E-state index contributed by atoms with van der Waals surface area (Å²) in [7, 11) is 0. The quantitative estimate of drug-likeness (QED) is 0.858. The molecule has 0 amide bonds. The number of carbonyl (C=O) groups is 1. The van der Waals surface area contributed by atoms with Gasteiger partial charge in [0.05, 0.1) is 12.5 Å². The van der Waals surface area contributed by atoms with E-state index in [1.54, 1.807) is 0 Å². The van der Waals surface area contributed by atoms with E-state index in [1.165, 1.54) is 0 Å². The van der Waals surface area contributed by atoms with Gasteiger partial charge in [0.1, 0.15) is 12.2 Å². The van der Waals surface area contributed by atoms with Crippen LogP contribution >= 0.6 is 11.6 Å². The SMILES string of the molecule is O=C1C[C@H](O)[C@@H](CN2CCCOC(c3ccccc3Cl)C2)O1. The number of rotatable bonds is 3. The normalized spacial score (nSPS) is 30.1. The van der Waals surface area contributed by atoms with Gasteiger partial charge >= 0.3 is 5.97 Å². The first kappa shape index (κ1) is 15.7. The number of cyclic esters (lactones) is 1. The van der Waals surface area contributed by atoms with Crippen LogP contribution < -0.4 is 0 Å². The van der Waals surface area contributed by atoms with Crippen LogP contribution in [0.1, 0.15) is 24.5 Å². The lowest BCUT2D eigenvalue weighted by atomic mass is 10.1. The first-order valence-electron chi connectivity index (χ1n) is 7.59. The minimum atomic E-state index is -0.713. The van der Waals surface area contributed by atoms with E-state index in [0.29, 0.717) is 24.7 Å². The summed E-state index contributed by atoms with van der Waals surface area (Å²) in [5.41, 5.74) is 0.972. The lowest BCUT2D eigenvalue weighted by Crippen LogP contribution is -2.39. The van der Waals surface area contributed by atoms with E-state index in [0.717, 1.165) is 18.5 Å². The molecule has 3 rings (SSSR count). The molecule has 2 fully saturated rings. The Kier molecular flexibility index (Phi) is 4.98. The Morgan fingerprint density at radius 3 is 2.91 bits per heavy atom. The van der Waals surface area contributed by atoms with Gasteiger partial charge in [0.15, 0.2) is 0 Å². The fourth-order valence-corrected chi connectivity index (χ4v) is 3.25. The van der Waals surface area contributed by atoms with Gasteiger partial charge < -0.3 is 14.6 Å². The maximum Gasteiger partial charge on any atom is 0.308 e. The molecule has 3 atom stereocenters. The molecule has 2 aliphatic heterocycles. The van der Waals surface area contributed by atoms with Gasteiger partial charge in [-0.2, -0.15) is 0 Å².